The molecule has 4 atom stereocenters. The van der Waals surface area contributed by atoms with Crippen molar-refractivity contribution >= 4 is 35.4 Å². The van der Waals surface area contributed by atoms with Gasteiger partial charge in [-0.2, -0.15) is 16.8 Å². The molecule has 2 rings (SSSR count). The van der Waals surface area contributed by atoms with Crippen LogP contribution in [0.5, 0.6) is 0 Å². The zero-order chi connectivity index (χ0) is 21.1. The fourth-order valence-electron chi connectivity index (χ4n) is 2.57. The van der Waals surface area contributed by atoms with Crippen molar-refractivity contribution in [1.82, 2.24) is 0 Å². The van der Waals surface area contributed by atoms with Gasteiger partial charge in [-0.05, 0) is 12.8 Å². The van der Waals surface area contributed by atoms with Crippen LogP contribution in [0.15, 0.2) is 0 Å². The Morgan fingerprint density at radius 3 is 1.39 bits per heavy atom. The smallest absolute Gasteiger partial charge is 0.312 e. The number of rotatable bonds is 11. The van der Waals surface area contributed by atoms with E-state index in [-0.39, 0.29) is 38.4 Å². The molecule has 2 aliphatic rings. The Morgan fingerprint density at radius 2 is 1.14 bits per heavy atom. The molecule has 0 aromatic carbocycles. The minimum absolute atomic E-state index is 0.0370. The van der Waals surface area contributed by atoms with Gasteiger partial charge < -0.3 is 18.1 Å². The minimum atomic E-state index is -3.67. The Hall–Kier alpha value is 0.120. The van der Waals surface area contributed by atoms with Crippen LogP contribution >= 0.6 is 15.2 Å². The molecule has 4 unspecified atom stereocenters. The first-order valence-electron chi connectivity index (χ1n) is 8.30. The maximum Gasteiger partial charge on any atom is 0.330 e. The van der Waals surface area contributed by atoms with E-state index in [9.17, 15) is 26.0 Å². The molecule has 28 heavy (non-hydrogen) atoms. The normalized spacial score (nSPS) is 30.6. The van der Waals surface area contributed by atoms with E-state index >= 15 is 0 Å². The van der Waals surface area contributed by atoms with Crippen LogP contribution in [0, 0.1) is 0 Å². The molecular weight excluding hydrogens is 462 g/mol. The quantitative estimate of drug-likeness (QED) is 0.231. The fourth-order valence-corrected chi connectivity index (χ4v) is 8.07. The highest BCUT2D eigenvalue weighted by Crippen LogP contribution is 2.52. The lowest BCUT2D eigenvalue weighted by atomic mass is 10.4. The van der Waals surface area contributed by atoms with Crippen molar-refractivity contribution in [3.8, 4) is 0 Å². The van der Waals surface area contributed by atoms with Gasteiger partial charge in [0.15, 0.2) is 0 Å². The molecule has 2 heterocycles. The summed E-state index contributed by atoms with van der Waals surface area (Å²) in [5.41, 5.74) is 0. The summed E-state index contributed by atoms with van der Waals surface area (Å²) >= 11 is 0. The van der Waals surface area contributed by atoms with E-state index in [0.29, 0.717) is 0 Å². The van der Waals surface area contributed by atoms with Crippen LogP contribution in [-0.4, -0.2) is 80.3 Å². The SMILES string of the molecule is COP(=O)(CCCCP(=O)(OC)OC1COS(=O)(=O)C1)OC1COS(=O)(=O)C1. The van der Waals surface area contributed by atoms with Gasteiger partial charge in [-0.15, -0.1) is 0 Å². The third-order valence-corrected chi connectivity index (χ3v) is 10.6. The Kier molecular flexibility index (Phi) is 8.28. The summed E-state index contributed by atoms with van der Waals surface area (Å²) in [5, 5.41) is 0. The van der Waals surface area contributed by atoms with Crippen LogP contribution in [0.1, 0.15) is 12.8 Å². The lowest BCUT2D eigenvalue weighted by Crippen LogP contribution is -2.18. The minimum Gasteiger partial charge on any atom is -0.312 e. The van der Waals surface area contributed by atoms with Crippen molar-refractivity contribution in [3.63, 3.8) is 0 Å². The van der Waals surface area contributed by atoms with Gasteiger partial charge in [0.05, 0.1) is 25.5 Å². The van der Waals surface area contributed by atoms with Crippen molar-refractivity contribution in [3.05, 3.63) is 0 Å². The van der Waals surface area contributed by atoms with Crippen LogP contribution in [-0.2, 0) is 55.8 Å². The number of hydrogen-bond donors (Lipinski definition) is 0. The number of hydrogen-bond acceptors (Lipinski definition) is 12. The molecule has 2 aliphatic heterocycles. The highest BCUT2D eigenvalue weighted by Gasteiger charge is 2.38. The zero-order valence-electron chi connectivity index (χ0n) is 15.4. The average Bonchev–Trinajstić information content (AvgIpc) is 3.12. The Labute approximate surface area is 164 Å². The van der Waals surface area contributed by atoms with Crippen molar-refractivity contribution in [2.75, 3.05) is 51.3 Å². The Morgan fingerprint density at radius 1 is 0.786 bits per heavy atom. The van der Waals surface area contributed by atoms with Gasteiger partial charge in [-0.1, -0.05) is 0 Å². The summed E-state index contributed by atoms with van der Waals surface area (Å²) in [4.78, 5) is 0. The van der Waals surface area contributed by atoms with E-state index in [1.807, 2.05) is 0 Å². The molecular formula is C12H24O12P2S2. The van der Waals surface area contributed by atoms with E-state index in [2.05, 4.69) is 8.37 Å². The molecule has 0 spiro atoms. The summed E-state index contributed by atoms with van der Waals surface area (Å²) < 4.78 is 99.8. The summed E-state index contributed by atoms with van der Waals surface area (Å²) in [5.74, 6) is -0.807. The Balaban J connectivity index is 1.80. The van der Waals surface area contributed by atoms with Crippen LogP contribution in [0.3, 0.4) is 0 Å². The molecule has 166 valence electrons. The molecule has 0 aromatic heterocycles. The molecule has 0 N–H and O–H groups in total. The highest BCUT2D eigenvalue weighted by atomic mass is 32.2. The van der Waals surface area contributed by atoms with Gasteiger partial charge in [0.2, 0.25) is 0 Å². The van der Waals surface area contributed by atoms with Crippen molar-refractivity contribution in [2.45, 2.75) is 25.0 Å². The zero-order valence-corrected chi connectivity index (χ0v) is 18.8. The van der Waals surface area contributed by atoms with Gasteiger partial charge >= 0.3 is 15.2 Å². The molecule has 0 aliphatic carbocycles. The second kappa shape index (κ2) is 9.51. The summed E-state index contributed by atoms with van der Waals surface area (Å²) in [6.45, 7) is -0.455. The standard InChI is InChI=1S/C12H24O12P2S2/c1-19-25(13,23-11-7-21-27(15,16)9-11)5-3-4-6-26(14,20-2)24-12-8-22-28(17,18)10-12/h11-12H,3-10H2,1-2H3. The predicted octanol–water partition coefficient (Wildman–Crippen LogP) is 0.936. The topological polar surface area (TPSA) is 158 Å². The molecule has 12 nitrogen and oxygen atoms in total. The first-order chi connectivity index (χ1) is 12.9. The molecule has 2 saturated heterocycles. The third kappa shape index (κ3) is 7.42. The molecule has 0 radical (unpaired) electrons. The molecule has 2 fully saturated rings. The van der Waals surface area contributed by atoms with E-state index in [1.165, 1.54) is 14.2 Å². The van der Waals surface area contributed by atoms with Crippen LogP contribution in [0.25, 0.3) is 0 Å². The van der Waals surface area contributed by atoms with Gasteiger partial charge in [0.25, 0.3) is 20.2 Å². The summed E-state index contributed by atoms with van der Waals surface area (Å²) in [6.07, 6.45) is -1.31. The van der Waals surface area contributed by atoms with Crippen molar-refractivity contribution < 1.29 is 52.4 Å². The summed E-state index contributed by atoms with van der Waals surface area (Å²) in [6, 6.07) is 0. The monoisotopic (exact) mass is 486 g/mol. The van der Waals surface area contributed by atoms with Crippen LogP contribution in [0.2, 0.25) is 0 Å². The second-order valence-corrected chi connectivity index (χ2v) is 14.1. The molecule has 0 saturated carbocycles. The first kappa shape index (κ1) is 24.4. The van der Waals surface area contributed by atoms with E-state index in [1.54, 1.807) is 0 Å². The van der Waals surface area contributed by atoms with Crippen molar-refractivity contribution in [1.29, 1.82) is 0 Å². The maximum atomic E-state index is 12.6. The fraction of sp³-hybridized carbons (Fsp3) is 1.00. The number of unbranched alkanes of at least 4 members (excludes halogenated alkanes) is 1. The maximum absolute atomic E-state index is 12.6. The van der Waals surface area contributed by atoms with E-state index in [0.717, 1.165) is 0 Å². The van der Waals surface area contributed by atoms with Gasteiger partial charge in [0.1, 0.15) is 23.7 Å². The van der Waals surface area contributed by atoms with E-state index < -0.39 is 59.1 Å². The van der Waals surface area contributed by atoms with E-state index in [4.69, 9.17) is 18.1 Å². The lowest BCUT2D eigenvalue weighted by molar-refractivity contribution is 0.146. The first-order valence-corrected chi connectivity index (χ1v) is 14.9. The van der Waals surface area contributed by atoms with Crippen LogP contribution in [0.4, 0.5) is 0 Å². The van der Waals surface area contributed by atoms with Gasteiger partial charge in [0, 0.05) is 14.2 Å². The molecule has 0 bridgehead atoms. The van der Waals surface area contributed by atoms with Gasteiger partial charge in [-0.3, -0.25) is 17.5 Å². The van der Waals surface area contributed by atoms with Crippen LogP contribution < -0.4 is 0 Å². The highest BCUT2D eigenvalue weighted by molar-refractivity contribution is 7.87. The third-order valence-electron chi connectivity index (χ3n) is 3.94. The second-order valence-electron chi connectivity index (χ2n) is 6.21. The average molecular weight is 486 g/mol. The predicted molar refractivity (Wildman–Crippen MR) is 97.4 cm³/mol. The van der Waals surface area contributed by atoms with Gasteiger partial charge in [-0.25, -0.2) is 0 Å². The Bertz CT molecular complexity index is 769. The largest absolute Gasteiger partial charge is 0.330 e. The molecule has 0 amide bonds. The molecule has 16 heteroatoms. The lowest BCUT2D eigenvalue weighted by Gasteiger charge is -2.21. The summed E-state index contributed by atoms with van der Waals surface area (Å²) in [7, 11) is -12.1. The molecule has 0 aromatic rings. The van der Waals surface area contributed by atoms with Crippen molar-refractivity contribution in [2.24, 2.45) is 0 Å².